The fraction of sp³-hybridized carbons (Fsp3) is 0.917. The number of aliphatic hydroxyl groups excluding tert-OH is 3. The molecule has 7 aliphatic rings. The van der Waals surface area contributed by atoms with Gasteiger partial charge >= 0.3 is 0 Å². The number of Topliss-reactive ketones (excluding diaryl/α,β-unsaturated/α-hetero) is 2. The van der Waals surface area contributed by atoms with Gasteiger partial charge in [0.25, 0.3) is 0 Å². The first kappa shape index (κ1) is 43.7. The zero-order valence-electron chi connectivity index (χ0n) is 35.5. The molecule has 0 radical (unpaired) electrons. The van der Waals surface area contributed by atoms with Gasteiger partial charge in [0.2, 0.25) is 0 Å². The SMILES string of the molecule is COC1CC2CCC(=O)C(C(O)CCCCC3C[NH2+]C4CC(=O)CCC4C3)C#CC(CCC(O)CC(C3CC[NH2+]C(N)C3)C3CCC4CCCCC4C3)C2CC1O. The molecule has 7 rings (SSSR count). The topological polar surface area (TPSA) is 163 Å². The molecular weight excluding hydrogens is 715 g/mol. The smallest absolute Gasteiger partial charge is 0.150 e. The molecule has 57 heavy (non-hydrogen) atoms. The molecule has 0 aromatic rings. The van der Waals surface area contributed by atoms with Crippen LogP contribution in [0.3, 0.4) is 0 Å². The number of aliphatic hydroxyl groups is 3. The van der Waals surface area contributed by atoms with Crippen LogP contribution in [0, 0.1) is 76.9 Å². The van der Waals surface area contributed by atoms with Crippen molar-refractivity contribution in [1.82, 2.24) is 0 Å². The average molecular weight is 796 g/mol. The summed E-state index contributed by atoms with van der Waals surface area (Å²) in [5.41, 5.74) is 6.54. The van der Waals surface area contributed by atoms with Crippen molar-refractivity contribution in [3.05, 3.63) is 0 Å². The van der Waals surface area contributed by atoms with Gasteiger partial charge in [0.1, 0.15) is 23.7 Å². The molecule has 2 aliphatic heterocycles. The van der Waals surface area contributed by atoms with E-state index in [1.807, 2.05) is 0 Å². The molecule has 2 heterocycles. The molecule has 2 saturated heterocycles. The molecule has 17 atom stereocenters. The van der Waals surface area contributed by atoms with Gasteiger partial charge in [0.15, 0.2) is 0 Å². The van der Waals surface area contributed by atoms with Crippen molar-refractivity contribution >= 4 is 11.6 Å². The molecular formula is C48H81N3O6+2. The maximum absolute atomic E-state index is 13.8. The number of quaternary nitrogens is 2. The van der Waals surface area contributed by atoms with Gasteiger partial charge < -0.3 is 30.7 Å². The highest BCUT2D eigenvalue weighted by Gasteiger charge is 2.43. The average Bonchev–Trinajstić information content (AvgIpc) is 3.27. The quantitative estimate of drug-likeness (QED) is 0.113. The third-order valence-corrected chi connectivity index (χ3v) is 17.2. The Labute approximate surface area is 344 Å². The molecule has 9 heteroatoms. The lowest BCUT2D eigenvalue weighted by molar-refractivity contribution is -0.711. The molecule has 0 amide bonds. The monoisotopic (exact) mass is 796 g/mol. The number of hydrogen-bond donors (Lipinski definition) is 6. The van der Waals surface area contributed by atoms with E-state index in [-0.39, 0.29) is 35.8 Å². The Kier molecular flexibility index (Phi) is 16.0. The summed E-state index contributed by atoms with van der Waals surface area (Å²) < 4.78 is 5.73. The maximum Gasteiger partial charge on any atom is 0.150 e. The summed E-state index contributed by atoms with van der Waals surface area (Å²) in [7, 11) is 1.67. The molecule has 0 spiro atoms. The van der Waals surface area contributed by atoms with Gasteiger partial charge in [0.05, 0.1) is 50.0 Å². The fourth-order valence-electron chi connectivity index (χ4n) is 13.9. The molecule has 9 N–H and O–H groups in total. The van der Waals surface area contributed by atoms with Crippen LogP contribution in [0.5, 0.6) is 0 Å². The second kappa shape index (κ2) is 20.9. The number of nitrogens with two attached hydrogens (primary N) is 3. The molecule has 0 aromatic heterocycles. The van der Waals surface area contributed by atoms with Gasteiger partial charge in [0, 0.05) is 44.1 Å². The number of unbranched alkanes of at least 4 members (excludes halogenated alkanes) is 1. The molecule has 6 fully saturated rings. The van der Waals surface area contributed by atoms with E-state index in [0.717, 1.165) is 89.1 Å². The van der Waals surface area contributed by atoms with Crippen LogP contribution < -0.4 is 16.4 Å². The molecule has 17 unspecified atom stereocenters. The molecule has 5 aliphatic carbocycles. The Balaban J connectivity index is 0.983. The first-order valence-electron chi connectivity index (χ1n) is 24.2. The predicted molar refractivity (Wildman–Crippen MR) is 221 cm³/mol. The van der Waals surface area contributed by atoms with Gasteiger partial charge in [-0.3, -0.25) is 15.3 Å². The number of ketones is 2. The van der Waals surface area contributed by atoms with E-state index in [2.05, 4.69) is 22.5 Å². The Bertz CT molecular complexity index is 1370. The Morgan fingerprint density at radius 3 is 2.44 bits per heavy atom. The summed E-state index contributed by atoms with van der Waals surface area (Å²) in [5.74, 6) is 11.9. The minimum Gasteiger partial charge on any atom is -0.393 e. The zero-order valence-corrected chi connectivity index (χ0v) is 35.5. The molecule has 322 valence electrons. The standard InChI is InChI=1S/C48H79N3O6/c1-57-47-24-35-15-19-45(55)40(44(54)9-5-2-6-30-22-37-13-17-39(53)27-43(37)51-29-30)18-14-32(42(35)28-46(47)56)12-16-38(52)26-41(36-20-21-50-48(49)25-36)34-11-10-31-7-3-4-8-33(31)23-34/h30-38,40-44,46-48,50-52,54,56H,2-13,15-17,19-29,49H2,1H3/p+2. The first-order chi connectivity index (χ1) is 27.6. The number of fused-ring (bicyclic) bond motifs is 3. The highest BCUT2D eigenvalue weighted by atomic mass is 16.5. The molecule has 0 bridgehead atoms. The van der Waals surface area contributed by atoms with Gasteiger partial charge in [-0.1, -0.05) is 50.4 Å². The minimum atomic E-state index is -0.778. The van der Waals surface area contributed by atoms with Crippen molar-refractivity contribution in [2.24, 2.45) is 70.8 Å². The fourth-order valence-corrected chi connectivity index (χ4v) is 13.9. The van der Waals surface area contributed by atoms with Crippen LogP contribution in [-0.2, 0) is 14.3 Å². The molecule has 0 aromatic carbocycles. The van der Waals surface area contributed by atoms with E-state index >= 15 is 0 Å². The summed E-state index contributed by atoms with van der Waals surface area (Å²) in [6, 6.07) is 0.486. The van der Waals surface area contributed by atoms with E-state index in [1.165, 1.54) is 57.8 Å². The van der Waals surface area contributed by atoms with Crippen molar-refractivity contribution in [2.45, 2.75) is 191 Å². The second-order valence-corrected chi connectivity index (χ2v) is 20.7. The first-order valence-corrected chi connectivity index (χ1v) is 24.2. The summed E-state index contributed by atoms with van der Waals surface area (Å²) in [4.78, 5) is 25.7. The van der Waals surface area contributed by atoms with Crippen LogP contribution in [0.4, 0.5) is 0 Å². The van der Waals surface area contributed by atoms with E-state index < -0.39 is 24.2 Å². The van der Waals surface area contributed by atoms with Crippen LogP contribution >= 0.6 is 0 Å². The lowest BCUT2D eigenvalue weighted by Gasteiger charge is -2.45. The summed E-state index contributed by atoms with van der Waals surface area (Å²) in [6.45, 7) is 2.18. The number of methoxy groups -OCH3 is 1. The lowest BCUT2D eigenvalue weighted by Crippen LogP contribution is -2.95. The third kappa shape index (κ3) is 11.5. The van der Waals surface area contributed by atoms with Crippen molar-refractivity contribution in [1.29, 1.82) is 0 Å². The largest absolute Gasteiger partial charge is 0.393 e. The highest BCUT2D eigenvalue weighted by Crippen LogP contribution is 2.49. The molecule has 4 saturated carbocycles. The zero-order chi connectivity index (χ0) is 39.9. The Morgan fingerprint density at radius 1 is 0.807 bits per heavy atom. The number of rotatable bonds is 14. The number of carbonyl (C=O) groups excluding carboxylic acids is 2. The van der Waals surface area contributed by atoms with Gasteiger partial charge in [-0.05, 0) is 131 Å². The summed E-state index contributed by atoms with van der Waals surface area (Å²) >= 11 is 0. The highest BCUT2D eigenvalue weighted by molar-refractivity contribution is 5.84. The minimum absolute atomic E-state index is 0.0482. The van der Waals surface area contributed by atoms with E-state index in [1.54, 1.807) is 7.11 Å². The predicted octanol–water partition coefficient (Wildman–Crippen LogP) is 4.24. The number of hydrogen-bond acceptors (Lipinski definition) is 7. The van der Waals surface area contributed by atoms with E-state index in [4.69, 9.17) is 10.5 Å². The van der Waals surface area contributed by atoms with E-state index in [0.29, 0.717) is 73.5 Å². The normalized spacial score (nSPS) is 41.8. The lowest BCUT2D eigenvalue weighted by atomic mass is 9.61. The van der Waals surface area contributed by atoms with Gasteiger partial charge in [-0.25, -0.2) is 0 Å². The maximum atomic E-state index is 13.8. The van der Waals surface area contributed by atoms with Gasteiger partial charge in [-0.15, -0.1) is 0 Å². The number of ether oxygens (including phenoxy) is 1. The Hall–Kier alpha value is -1.38. The van der Waals surface area contributed by atoms with Crippen LogP contribution in [0.1, 0.15) is 154 Å². The van der Waals surface area contributed by atoms with Gasteiger partial charge in [-0.2, -0.15) is 0 Å². The van der Waals surface area contributed by atoms with E-state index in [9.17, 15) is 24.9 Å². The Morgan fingerprint density at radius 2 is 1.61 bits per heavy atom. The van der Waals surface area contributed by atoms with Crippen LogP contribution in [0.15, 0.2) is 0 Å². The van der Waals surface area contributed by atoms with Crippen LogP contribution in [0.25, 0.3) is 0 Å². The molecule has 9 nitrogen and oxygen atoms in total. The van der Waals surface area contributed by atoms with Crippen LogP contribution in [-0.4, -0.2) is 83.7 Å². The summed E-state index contributed by atoms with van der Waals surface area (Å²) in [5, 5.41) is 39.3. The third-order valence-electron chi connectivity index (χ3n) is 17.2. The van der Waals surface area contributed by atoms with Crippen molar-refractivity contribution < 1.29 is 40.3 Å². The second-order valence-electron chi connectivity index (χ2n) is 20.7. The number of piperidine rings is 2. The van der Waals surface area contributed by atoms with Crippen molar-refractivity contribution in [2.75, 3.05) is 20.2 Å². The summed E-state index contributed by atoms with van der Waals surface area (Å²) in [6.07, 6.45) is 22.0. The van der Waals surface area contributed by atoms with Crippen molar-refractivity contribution in [3.8, 4) is 11.8 Å². The number of carbonyl (C=O) groups is 2. The van der Waals surface area contributed by atoms with Crippen LogP contribution in [0.2, 0.25) is 0 Å². The van der Waals surface area contributed by atoms with Crippen molar-refractivity contribution in [3.63, 3.8) is 0 Å².